The number of nitrogens with zero attached hydrogens (tertiary/aromatic N) is 1. The van der Waals surface area contributed by atoms with Gasteiger partial charge in [-0.15, -0.1) is 0 Å². The van der Waals surface area contributed by atoms with Crippen LogP contribution in [0.2, 0.25) is 0 Å². The van der Waals surface area contributed by atoms with Crippen molar-refractivity contribution < 1.29 is 9.84 Å². The van der Waals surface area contributed by atoms with Crippen molar-refractivity contribution in [1.82, 2.24) is 4.57 Å². The fraction of sp³-hybridized carbons (Fsp3) is 0.517. The number of rotatable bonds is 1. The lowest BCUT2D eigenvalue weighted by atomic mass is 9.64. The Balaban J connectivity index is 1.55. The first-order valence-corrected chi connectivity index (χ1v) is 12.7. The molecule has 0 spiro atoms. The molecule has 0 unspecified atom stereocenters. The van der Waals surface area contributed by atoms with Gasteiger partial charge in [-0.05, 0) is 67.1 Å². The van der Waals surface area contributed by atoms with Gasteiger partial charge in [-0.25, -0.2) is 0 Å². The van der Waals surface area contributed by atoms with E-state index in [2.05, 4.69) is 60.0 Å². The minimum absolute atomic E-state index is 0.0785. The van der Waals surface area contributed by atoms with Crippen LogP contribution in [0.15, 0.2) is 48.5 Å². The van der Waals surface area contributed by atoms with Gasteiger partial charge in [0.05, 0.1) is 29.6 Å². The zero-order valence-corrected chi connectivity index (χ0v) is 19.2. The monoisotopic (exact) mass is 429 g/mol. The van der Waals surface area contributed by atoms with Gasteiger partial charge < -0.3 is 14.4 Å². The fourth-order valence-electron chi connectivity index (χ4n) is 7.16. The molecular formula is C29H35NO2. The van der Waals surface area contributed by atoms with E-state index in [0.29, 0.717) is 31.0 Å². The van der Waals surface area contributed by atoms with Crippen molar-refractivity contribution in [1.29, 1.82) is 0 Å². The van der Waals surface area contributed by atoms with Crippen molar-refractivity contribution >= 4 is 10.9 Å². The van der Waals surface area contributed by atoms with Crippen LogP contribution in [0.5, 0.6) is 0 Å². The smallest absolute Gasteiger partial charge is 0.0988 e. The second kappa shape index (κ2) is 8.35. The van der Waals surface area contributed by atoms with E-state index in [4.69, 9.17) is 4.74 Å². The highest BCUT2D eigenvalue weighted by Gasteiger charge is 2.40. The number of hydrogen-bond acceptors (Lipinski definition) is 2. The average Bonchev–Trinajstić information content (AvgIpc) is 3.05. The molecule has 0 saturated heterocycles. The summed E-state index contributed by atoms with van der Waals surface area (Å²) in [4.78, 5) is 0. The molecule has 1 aliphatic heterocycles. The molecule has 1 saturated carbocycles. The number of hydrogen-bond donors (Lipinski definition) is 1. The molecule has 0 amide bonds. The standard InChI is InChI=1S/C29H35NO2/c1-19-14-15-20-8-2-4-11-23-22-10-5-7-13-27(22)30-26-12-6-3-9-21(26)18-32-28(29(23)30)16-24(20)25(19)17-31/h3,5-7,9-10,12-13,19-20,24-25,28,31H,2,4,8,11,14-18H2,1H3/t19-,20+,24-,25-,28-/m0/s1. The Labute approximate surface area is 191 Å². The highest BCUT2D eigenvalue weighted by Crippen LogP contribution is 2.49. The molecule has 2 heterocycles. The van der Waals surface area contributed by atoms with Crippen molar-refractivity contribution in [3.63, 3.8) is 0 Å². The Hall–Kier alpha value is -2.10. The number of aliphatic hydroxyl groups is 1. The lowest BCUT2D eigenvalue weighted by Gasteiger charge is -2.43. The van der Waals surface area contributed by atoms with Crippen molar-refractivity contribution in [2.45, 2.75) is 64.6 Å². The molecule has 1 aromatic heterocycles. The van der Waals surface area contributed by atoms with E-state index in [1.807, 2.05) is 0 Å². The Bertz CT molecular complexity index is 1120. The summed E-state index contributed by atoms with van der Waals surface area (Å²) in [6.07, 6.45) is 8.62. The summed E-state index contributed by atoms with van der Waals surface area (Å²) in [5.41, 5.74) is 6.73. The third kappa shape index (κ3) is 3.24. The molecule has 3 aliphatic rings. The molecule has 5 atom stereocenters. The predicted octanol–water partition coefficient (Wildman–Crippen LogP) is 6.59. The minimum Gasteiger partial charge on any atom is -0.396 e. The number of para-hydroxylation sites is 2. The average molecular weight is 430 g/mol. The van der Waals surface area contributed by atoms with Gasteiger partial charge in [0, 0.05) is 17.6 Å². The maximum Gasteiger partial charge on any atom is 0.0988 e. The molecule has 168 valence electrons. The number of fused-ring (bicyclic) bond motifs is 6. The maximum atomic E-state index is 10.4. The Morgan fingerprint density at radius 1 is 1.00 bits per heavy atom. The number of benzene rings is 2. The summed E-state index contributed by atoms with van der Waals surface area (Å²) in [6, 6.07) is 17.7. The third-order valence-corrected chi connectivity index (χ3v) is 8.83. The quantitative estimate of drug-likeness (QED) is 0.473. The number of aromatic nitrogens is 1. The molecule has 6 rings (SSSR count). The second-order valence-electron chi connectivity index (χ2n) is 10.5. The van der Waals surface area contributed by atoms with Crippen LogP contribution in [-0.2, 0) is 17.8 Å². The van der Waals surface area contributed by atoms with Gasteiger partial charge in [0.1, 0.15) is 0 Å². The van der Waals surface area contributed by atoms with Crippen molar-refractivity contribution in [3.05, 3.63) is 65.4 Å². The zero-order chi connectivity index (χ0) is 21.7. The largest absolute Gasteiger partial charge is 0.396 e. The normalized spacial score (nSPS) is 30.1. The number of aryl methyl sites for hydroxylation is 1. The molecular weight excluding hydrogens is 394 g/mol. The zero-order valence-electron chi connectivity index (χ0n) is 19.2. The summed E-state index contributed by atoms with van der Waals surface area (Å²) >= 11 is 0. The van der Waals surface area contributed by atoms with Crippen LogP contribution in [-0.4, -0.2) is 16.3 Å². The SMILES string of the molecule is C[C@H]1CC[C@H]2CCCCc3c4n(c5ccccc35)-c3ccccc3CO[C@H]4C[C@@H]2[C@H]1CO. The molecule has 1 N–H and O–H groups in total. The molecule has 0 bridgehead atoms. The molecule has 32 heavy (non-hydrogen) atoms. The second-order valence-corrected chi connectivity index (χ2v) is 10.5. The third-order valence-electron chi connectivity index (χ3n) is 8.83. The summed E-state index contributed by atoms with van der Waals surface area (Å²) in [6.45, 7) is 3.32. The van der Waals surface area contributed by atoms with Crippen LogP contribution in [0.25, 0.3) is 16.6 Å². The van der Waals surface area contributed by atoms with Crippen LogP contribution < -0.4 is 0 Å². The molecule has 3 heteroatoms. The van der Waals surface area contributed by atoms with E-state index in [-0.39, 0.29) is 6.10 Å². The number of aliphatic hydroxyl groups excluding tert-OH is 1. The van der Waals surface area contributed by atoms with Crippen molar-refractivity contribution in [2.75, 3.05) is 6.61 Å². The van der Waals surface area contributed by atoms with E-state index in [0.717, 1.165) is 18.8 Å². The molecule has 2 aliphatic carbocycles. The Morgan fingerprint density at radius 3 is 2.75 bits per heavy atom. The highest BCUT2D eigenvalue weighted by molar-refractivity contribution is 5.88. The minimum atomic E-state index is 0.0785. The Morgan fingerprint density at radius 2 is 1.84 bits per heavy atom. The van der Waals surface area contributed by atoms with Crippen LogP contribution >= 0.6 is 0 Å². The summed E-state index contributed by atoms with van der Waals surface area (Å²) in [5, 5.41) is 11.8. The maximum absolute atomic E-state index is 10.4. The molecule has 3 nitrogen and oxygen atoms in total. The van der Waals surface area contributed by atoms with Crippen molar-refractivity contribution in [3.8, 4) is 5.69 Å². The Kier molecular flexibility index (Phi) is 5.35. The molecule has 1 fully saturated rings. The molecule has 2 aromatic carbocycles. The number of ether oxygens (including phenoxy) is 1. The summed E-state index contributed by atoms with van der Waals surface area (Å²) < 4.78 is 9.30. The van der Waals surface area contributed by atoms with Gasteiger partial charge in [-0.1, -0.05) is 62.6 Å². The fourth-order valence-corrected chi connectivity index (χ4v) is 7.16. The summed E-state index contributed by atoms with van der Waals surface area (Å²) in [5.74, 6) is 2.24. The first kappa shape index (κ1) is 20.5. The molecule has 0 radical (unpaired) electrons. The van der Waals surface area contributed by atoms with E-state index in [9.17, 15) is 5.11 Å². The van der Waals surface area contributed by atoms with E-state index in [1.165, 1.54) is 65.5 Å². The summed E-state index contributed by atoms with van der Waals surface area (Å²) in [7, 11) is 0. The van der Waals surface area contributed by atoms with Crippen LogP contribution in [0.1, 0.15) is 68.4 Å². The van der Waals surface area contributed by atoms with E-state index < -0.39 is 0 Å². The topological polar surface area (TPSA) is 34.4 Å². The van der Waals surface area contributed by atoms with E-state index in [1.54, 1.807) is 0 Å². The lowest BCUT2D eigenvalue weighted by Crippen LogP contribution is -2.37. The molecule has 3 aromatic rings. The van der Waals surface area contributed by atoms with Gasteiger partial charge in [0.2, 0.25) is 0 Å². The van der Waals surface area contributed by atoms with Gasteiger partial charge in [0.15, 0.2) is 0 Å². The van der Waals surface area contributed by atoms with Crippen LogP contribution in [0.4, 0.5) is 0 Å². The first-order chi connectivity index (χ1) is 15.8. The van der Waals surface area contributed by atoms with Crippen LogP contribution in [0.3, 0.4) is 0 Å². The lowest BCUT2D eigenvalue weighted by molar-refractivity contribution is -0.0273. The van der Waals surface area contributed by atoms with Crippen molar-refractivity contribution in [2.24, 2.45) is 23.7 Å². The van der Waals surface area contributed by atoms with Gasteiger partial charge in [0.25, 0.3) is 0 Å². The first-order valence-electron chi connectivity index (χ1n) is 12.7. The van der Waals surface area contributed by atoms with Gasteiger partial charge in [-0.2, -0.15) is 0 Å². The van der Waals surface area contributed by atoms with Gasteiger partial charge in [-0.3, -0.25) is 0 Å². The van der Waals surface area contributed by atoms with E-state index >= 15 is 0 Å². The van der Waals surface area contributed by atoms with Gasteiger partial charge >= 0.3 is 0 Å². The highest BCUT2D eigenvalue weighted by atomic mass is 16.5. The van der Waals surface area contributed by atoms with Crippen LogP contribution in [0, 0.1) is 23.7 Å². The predicted molar refractivity (Wildman–Crippen MR) is 129 cm³/mol.